The van der Waals surface area contributed by atoms with Crippen molar-refractivity contribution in [2.75, 3.05) is 57.6 Å². The summed E-state index contributed by atoms with van der Waals surface area (Å²) in [7, 11) is 8.47. The first-order valence-electron chi connectivity index (χ1n) is 10.6. The van der Waals surface area contributed by atoms with Crippen molar-refractivity contribution in [1.29, 1.82) is 0 Å². The van der Waals surface area contributed by atoms with E-state index in [0.717, 1.165) is 38.4 Å². The Morgan fingerprint density at radius 2 is 1.96 bits per heavy atom. The molecule has 4 aliphatic rings. The summed E-state index contributed by atoms with van der Waals surface area (Å²) in [5, 5.41) is 0. The van der Waals surface area contributed by atoms with Gasteiger partial charge in [0, 0.05) is 51.1 Å². The van der Waals surface area contributed by atoms with Crippen LogP contribution in [0.1, 0.15) is 36.9 Å². The molecule has 1 aromatic heterocycles. The second-order valence-electron chi connectivity index (χ2n) is 9.55. The minimum atomic E-state index is 0.0656. The number of hydrogen-bond acceptors (Lipinski definition) is 6. The van der Waals surface area contributed by atoms with Crippen molar-refractivity contribution in [2.45, 2.75) is 50.2 Å². The van der Waals surface area contributed by atoms with E-state index in [-0.39, 0.29) is 5.60 Å². The second kappa shape index (κ2) is 6.31. The average molecular weight is 372 g/mol. The van der Waals surface area contributed by atoms with E-state index < -0.39 is 0 Å². The number of nitrogens with zero attached hydrogens (tertiary/aromatic N) is 5. The molecule has 1 aromatic rings. The van der Waals surface area contributed by atoms with Crippen LogP contribution in [0, 0.1) is 11.8 Å². The topological polar surface area (TPSA) is 44.7 Å². The van der Waals surface area contributed by atoms with Crippen molar-refractivity contribution in [3.8, 4) is 0 Å². The van der Waals surface area contributed by atoms with Crippen molar-refractivity contribution in [2.24, 2.45) is 11.8 Å². The van der Waals surface area contributed by atoms with Crippen LogP contribution in [-0.2, 0) is 17.6 Å². The fourth-order valence-electron chi connectivity index (χ4n) is 6.04. The SMILES string of the molecule is CN(C)C[C@H]1[C@H]2CN(c3nc(N(C)C)nc4c3CCCC4)C[C@]23CC[C@H]1O3. The van der Waals surface area contributed by atoms with E-state index in [1.54, 1.807) is 0 Å². The highest BCUT2D eigenvalue weighted by atomic mass is 16.5. The quantitative estimate of drug-likeness (QED) is 0.806. The van der Waals surface area contributed by atoms with Crippen molar-refractivity contribution >= 4 is 11.8 Å². The summed E-state index contributed by atoms with van der Waals surface area (Å²) >= 11 is 0. The third kappa shape index (κ3) is 2.75. The predicted octanol–water partition coefficient (Wildman–Crippen LogP) is 1.97. The summed E-state index contributed by atoms with van der Waals surface area (Å²) in [6.45, 7) is 3.23. The maximum atomic E-state index is 6.65. The molecule has 0 N–H and O–H groups in total. The molecule has 4 heterocycles. The average Bonchev–Trinajstić information content (AvgIpc) is 3.30. The lowest BCUT2D eigenvalue weighted by Gasteiger charge is -2.30. The normalized spacial score (nSPS) is 34.3. The number of hydrogen-bond donors (Lipinski definition) is 0. The van der Waals surface area contributed by atoms with Gasteiger partial charge in [-0.1, -0.05) is 0 Å². The maximum absolute atomic E-state index is 6.65. The van der Waals surface area contributed by atoms with Crippen LogP contribution in [0.4, 0.5) is 11.8 Å². The van der Waals surface area contributed by atoms with E-state index in [9.17, 15) is 0 Å². The zero-order chi connectivity index (χ0) is 18.8. The van der Waals surface area contributed by atoms with Gasteiger partial charge in [-0.3, -0.25) is 0 Å². The molecule has 148 valence electrons. The number of rotatable bonds is 4. The van der Waals surface area contributed by atoms with E-state index in [0.29, 0.717) is 17.9 Å². The van der Waals surface area contributed by atoms with Crippen LogP contribution in [0.15, 0.2) is 0 Å². The number of anilines is 2. The van der Waals surface area contributed by atoms with Crippen molar-refractivity contribution < 1.29 is 4.74 Å². The molecule has 5 rings (SSSR count). The Bertz CT molecular complexity index is 736. The van der Waals surface area contributed by atoms with E-state index in [4.69, 9.17) is 14.7 Å². The van der Waals surface area contributed by atoms with Crippen molar-refractivity contribution in [3.63, 3.8) is 0 Å². The lowest BCUT2D eigenvalue weighted by molar-refractivity contribution is 0.0136. The van der Waals surface area contributed by atoms with Gasteiger partial charge in [-0.2, -0.15) is 4.98 Å². The zero-order valence-corrected chi connectivity index (χ0v) is 17.2. The smallest absolute Gasteiger partial charge is 0.227 e. The van der Waals surface area contributed by atoms with Crippen LogP contribution in [-0.4, -0.2) is 74.4 Å². The highest BCUT2D eigenvalue weighted by molar-refractivity contribution is 5.55. The molecule has 0 aromatic carbocycles. The molecule has 0 saturated carbocycles. The largest absolute Gasteiger partial charge is 0.369 e. The molecule has 27 heavy (non-hydrogen) atoms. The Morgan fingerprint density at radius 3 is 2.74 bits per heavy atom. The van der Waals surface area contributed by atoms with Crippen LogP contribution in [0.3, 0.4) is 0 Å². The Morgan fingerprint density at radius 1 is 1.15 bits per heavy atom. The molecular formula is C21H33N5O. The molecule has 3 aliphatic heterocycles. The zero-order valence-electron chi connectivity index (χ0n) is 17.2. The molecule has 4 atom stereocenters. The van der Waals surface area contributed by atoms with E-state index >= 15 is 0 Å². The third-order valence-electron chi connectivity index (χ3n) is 7.21. The highest BCUT2D eigenvalue weighted by Gasteiger charge is 2.63. The number of aryl methyl sites for hydroxylation is 1. The van der Waals surface area contributed by atoms with Gasteiger partial charge in [-0.25, -0.2) is 4.98 Å². The maximum Gasteiger partial charge on any atom is 0.227 e. The van der Waals surface area contributed by atoms with E-state index in [2.05, 4.69) is 23.9 Å². The highest BCUT2D eigenvalue weighted by Crippen LogP contribution is 2.55. The lowest BCUT2D eigenvalue weighted by atomic mass is 9.73. The van der Waals surface area contributed by atoms with Gasteiger partial charge in [0.2, 0.25) is 5.95 Å². The summed E-state index contributed by atoms with van der Waals surface area (Å²) in [6, 6.07) is 0. The Hall–Kier alpha value is -1.40. The van der Waals surface area contributed by atoms with Gasteiger partial charge in [-0.15, -0.1) is 0 Å². The third-order valence-corrected chi connectivity index (χ3v) is 7.21. The summed E-state index contributed by atoms with van der Waals surface area (Å²) in [6.07, 6.45) is 7.64. The number of aromatic nitrogens is 2. The van der Waals surface area contributed by atoms with Gasteiger partial charge in [0.05, 0.1) is 17.4 Å². The van der Waals surface area contributed by atoms with Gasteiger partial charge >= 0.3 is 0 Å². The standard InChI is InChI=1S/C21H33N5O/c1-24(2)11-15-16-12-26(13-21(16)10-9-18(15)27-21)19-14-7-5-6-8-17(14)22-20(23-19)25(3)4/h15-16,18H,5-13H2,1-4H3/t15-,16+,18+,21+/m0/s1. The molecule has 3 saturated heterocycles. The molecular weight excluding hydrogens is 338 g/mol. The molecule has 3 fully saturated rings. The van der Waals surface area contributed by atoms with Gasteiger partial charge in [0.25, 0.3) is 0 Å². The van der Waals surface area contributed by atoms with Crippen LogP contribution >= 0.6 is 0 Å². The van der Waals surface area contributed by atoms with Crippen LogP contribution in [0.25, 0.3) is 0 Å². The van der Waals surface area contributed by atoms with Gasteiger partial charge in [0.1, 0.15) is 5.82 Å². The molecule has 0 amide bonds. The molecule has 2 bridgehead atoms. The van der Waals surface area contributed by atoms with Gasteiger partial charge in [0.15, 0.2) is 0 Å². The molecule has 0 radical (unpaired) electrons. The monoisotopic (exact) mass is 371 g/mol. The van der Waals surface area contributed by atoms with E-state index in [1.165, 1.54) is 42.8 Å². The fraction of sp³-hybridized carbons (Fsp3) is 0.810. The molecule has 6 nitrogen and oxygen atoms in total. The Labute approximate surface area is 162 Å². The number of ether oxygens (including phenoxy) is 1. The lowest BCUT2D eigenvalue weighted by Crippen LogP contribution is -2.40. The van der Waals surface area contributed by atoms with Gasteiger partial charge < -0.3 is 19.4 Å². The summed E-state index contributed by atoms with van der Waals surface area (Å²) < 4.78 is 6.65. The summed E-state index contributed by atoms with van der Waals surface area (Å²) in [4.78, 5) is 16.8. The fourth-order valence-corrected chi connectivity index (χ4v) is 6.04. The minimum Gasteiger partial charge on any atom is -0.369 e. The molecule has 0 unspecified atom stereocenters. The van der Waals surface area contributed by atoms with Crippen LogP contribution in [0.2, 0.25) is 0 Å². The first kappa shape index (κ1) is 17.7. The minimum absolute atomic E-state index is 0.0656. The Kier molecular flexibility index (Phi) is 4.13. The van der Waals surface area contributed by atoms with Crippen LogP contribution < -0.4 is 9.80 Å². The molecule has 1 spiro atoms. The summed E-state index contributed by atoms with van der Waals surface area (Å²) in [5.74, 6) is 3.35. The Balaban J connectivity index is 1.49. The first-order valence-corrected chi connectivity index (χ1v) is 10.6. The van der Waals surface area contributed by atoms with Gasteiger partial charge in [-0.05, 0) is 52.6 Å². The van der Waals surface area contributed by atoms with Crippen LogP contribution in [0.5, 0.6) is 0 Å². The number of fused-ring (bicyclic) bond motifs is 2. The van der Waals surface area contributed by atoms with E-state index in [1.807, 2.05) is 19.0 Å². The van der Waals surface area contributed by atoms with Crippen molar-refractivity contribution in [3.05, 3.63) is 11.3 Å². The van der Waals surface area contributed by atoms with Crippen molar-refractivity contribution in [1.82, 2.24) is 14.9 Å². The first-order chi connectivity index (χ1) is 13.0. The second-order valence-corrected chi connectivity index (χ2v) is 9.55. The summed E-state index contributed by atoms with van der Waals surface area (Å²) in [5.41, 5.74) is 2.75. The predicted molar refractivity (Wildman–Crippen MR) is 108 cm³/mol. The molecule has 6 heteroatoms. The molecule has 1 aliphatic carbocycles.